The number of hydrogen-bond acceptors (Lipinski definition) is 3. The lowest BCUT2D eigenvalue weighted by Gasteiger charge is -2.27. The molecule has 1 atom stereocenters. The Labute approximate surface area is 115 Å². The fourth-order valence-electron chi connectivity index (χ4n) is 2.22. The second-order valence-electron chi connectivity index (χ2n) is 5.02. The van der Waals surface area contributed by atoms with E-state index in [1.54, 1.807) is 0 Å². The van der Waals surface area contributed by atoms with Crippen molar-refractivity contribution in [3.63, 3.8) is 0 Å². The van der Waals surface area contributed by atoms with Crippen LogP contribution in [0.5, 0.6) is 0 Å². The van der Waals surface area contributed by atoms with E-state index in [2.05, 4.69) is 36.0 Å². The van der Waals surface area contributed by atoms with Gasteiger partial charge in [-0.25, -0.2) is 0 Å². The number of anilines is 1. The van der Waals surface area contributed by atoms with Gasteiger partial charge >= 0.3 is 0 Å². The van der Waals surface area contributed by atoms with Crippen molar-refractivity contribution in [2.24, 2.45) is 16.8 Å². The van der Waals surface area contributed by atoms with Gasteiger partial charge in [-0.3, -0.25) is 0 Å². The largest absolute Gasteiger partial charge is 0.409 e. The van der Waals surface area contributed by atoms with E-state index in [0.29, 0.717) is 12.3 Å². The summed E-state index contributed by atoms with van der Waals surface area (Å²) in [4.78, 5) is 2.30. The molecule has 0 heterocycles. The van der Waals surface area contributed by atoms with Gasteiger partial charge in [-0.05, 0) is 24.5 Å². The first-order chi connectivity index (χ1) is 9.17. The van der Waals surface area contributed by atoms with Crippen LogP contribution in [-0.2, 0) is 0 Å². The summed E-state index contributed by atoms with van der Waals surface area (Å²) in [7, 11) is 0. The Bertz CT molecular complexity index is 378. The van der Waals surface area contributed by atoms with Crippen molar-refractivity contribution in [1.82, 2.24) is 0 Å². The second-order valence-corrected chi connectivity index (χ2v) is 5.02. The molecule has 0 aliphatic carbocycles. The lowest BCUT2D eigenvalue weighted by atomic mass is 10.1. The Morgan fingerprint density at radius 1 is 1.37 bits per heavy atom. The van der Waals surface area contributed by atoms with Crippen LogP contribution in [0.15, 0.2) is 35.5 Å². The zero-order valence-electron chi connectivity index (χ0n) is 11.9. The minimum atomic E-state index is 0.282. The first-order valence-corrected chi connectivity index (χ1v) is 6.93. The third-order valence-corrected chi connectivity index (χ3v) is 3.20. The molecule has 1 aromatic carbocycles. The number of benzene rings is 1. The number of nitrogens with two attached hydrogens (primary N) is 1. The molecule has 19 heavy (non-hydrogen) atoms. The summed E-state index contributed by atoms with van der Waals surface area (Å²) in [6, 6.07) is 10.3. The summed E-state index contributed by atoms with van der Waals surface area (Å²) in [5.74, 6) is 0.918. The van der Waals surface area contributed by atoms with Crippen LogP contribution < -0.4 is 10.6 Å². The van der Waals surface area contributed by atoms with Crippen LogP contribution >= 0.6 is 0 Å². The molecule has 1 aromatic rings. The molecule has 0 fully saturated rings. The minimum absolute atomic E-state index is 0.282. The molecule has 4 heteroatoms. The maximum absolute atomic E-state index is 8.63. The Kier molecular flexibility index (Phi) is 6.79. The van der Waals surface area contributed by atoms with Gasteiger partial charge in [-0.2, -0.15) is 0 Å². The van der Waals surface area contributed by atoms with Crippen molar-refractivity contribution in [3.8, 4) is 0 Å². The van der Waals surface area contributed by atoms with Crippen LogP contribution in [0.1, 0.15) is 33.1 Å². The van der Waals surface area contributed by atoms with Crippen LogP contribution in [0.2, 0.25) is 0 Å². The van der Waals surface area contributed by atoms with Gasteiger partial charge in [0.1, 0.15) is 5.84 Å². The Morgan fingerprint density at radius 2 is 2.05 bits per heavy atom. The highest BCUT2D eigenvalue weighted by molar-refractivity contribution is 5.80. The molecule has 1 unspecified atom stereocenters. The third-order valence-electron chi connectivity index (χ3n) is 3.20. The number of nitrogens with zero attached hydrogens (tertiary/aromatic N) is 2. The number of hydrogen-bond donors (Lipinski definition) is 2. The zero-order valence-corrected chi connectivity index (χ0v) is 11.9. The van der Waals surface area contributed by atoms with E-state index in [1.165, 1.54) is 18.5 Å². The van der Waals surface area contributed by atoms with E-state index < -0.39 is 0 Å². The molecule has 3 N–H and O–H groups in total. The molecule has 0 aliphatic heterocycles. The highest BCUT2D eigenvalue weighted by atomic mass is 16.4. The molecule has 0 spiro atoms. The highest BCUT2D eigenvalue weighted by Crippen LogP contribution is 2.17. The zero-order chi connectivity index (χ0) is 14.1. The summed E-state index contributed by atoms with van der Waals surface area (Å²) < 4.78 is 0. The van der Waals surface area contributed by atoms with Crippen LogP contribution in [0.25, 0.3) is 0 Å². The molecule has 0 bridgehead atoms. The van der Waals surface area contributed by atoms with Gasteiger partial charge < -0.3 is 15.8 Å². The van der Waals surface area contributed by atoms with Crippen LogP contribution in [0, 0.1) is 5.92 Å². The quantitative estimate of drug-likeness (QED) is 0.328. The first kappa shape index (κ1) is 15.3. The Hall–Kier alpha value is -1.71. The van der Waals surface area contributed by atoms with E-state index >= 15 is 0 Å². The summed E-state index contributed by atoms with van der Waals surface area (Å²) in [6.45, 7) is 6.24. The van der Waals surface area contributed by atoms with Gasteiger partial charge in [0.15, 0.2) is 0 Å². The highest BCUT2D eigenvalue weighted by Gasteiger charge is 2.11. The number of oxime groups is 1. The fraction of sp³-hybridized carbons (Fsp3) is 0.533. The average molecular weight is 263 g/mol. The first-order valence-electron chi connectivity index (χ1n) is 6.93. The predicted octanol–water partition coefficient (Wildman–Crippen LogP) is 3.07. The molecule has 0 amide bonds. The summed E-state index contributed by atoms with van der Waals surface area (Å²) in [5, 5.41) is 11.7. The molecular weight excluding hydrogens is 238 g/mol. The maximum atomic E-state index is 8.63. The average Bonchev–Trinajstić information content (AvgIpc) is 2.44. The number of rotatable bonds is 8. The van der Waals surface area contributed by atoms with Crippen LogP contribution in [-0.4, -0.2) is 24.1 Å². The molecule has 4 nitrogen and oxygen atoms in total. The Morgan fingerprint density at radius 3 is 2.63 bits per heavy atom. The van der Waals surface area contributed by atoms with Crippen molar-refractivity contribution >= 4 is 11.5 Å². The maximum Gasteiger partial charge on any atom is 0.140 e. The number of amidine groups is 1. The molecule has 1 rings (SSSR count). The molecule has 0 aliphatic rings. The molecule has 0 aromatic heterocycles. The molecule has 106 valence electrons. The second kappa shape index (κ2) is 8.40. The van der Waals surface area contributed by atoms with Crippen molar-refractivity contribution in [3.05, 3.63) is 30.3 Å². The summed E-state index contributed by atoms with van der Waals surface area (Å²) in [6.07, 6.45) is 2.99. The van der Waals surface area contributed by atoms with E-state index in [-0.39, 0.29) is 5.84 Å². The van der Waals surface area contributed by atoms with Crippen molar-refractivity contribution < 1.29 is 5.21 Å². The fourth-order valence-corrected chi connectivity index (χ4v) is 2.22. The molecular formula is C15H25N3O. The van der Waals surface area contributed by atoms with Gasteiger partial charge in [0, 0.05) is 25.2 Å². The van der Waals surface area contributed by atoms with Crippen LogP contribution in [0.4, 0.5) is 5.69 Å². The van der Waals surface area contributed by atoms with Crippen molar-refractivity contribution in [2.45, 2.75) is 33.1 Å². The van der Waals surface area contributed by atoms with E-state index in [4.69, 9.17) is 10.9 Å². The van der Waals surface area contributed by atoms with Crippen molar-refractivity contribution in [2.75, 3.05) is 18.0 Å². The van der Waals surface area contributed by atoms with Gasteiger partial charge in [0.2, 0.25) is 0 Å². The summed E-state index contributed by atoms with van der Waals surface area (Å²) in [5.41, 5.74) is 6.75. The van der Waals surface area contributed by atoms with Gasteiger partial charge in [0.05, 0.1) is 0 Å². The minimum Gasteiger partial charge on any atom is -0.409 e. The van der Waals surface area contributed by atoms with Gasteiger partial charge in [-0.15, -0.1) is 0 Å². The van der Waals surface area contributed by atoms with E-state index in [0.717, 1.165) is 13.1 Å². The molecule has 0 radical (unpaired) electrons. The normalized spacial score (nSPS) is 13.3. The predicted molar refractivity (Wildman–Crippen MR) is 80.8 cm³/mol. The van der Waals surface area contributed by atoms with Gasteiger partial charge in [-0.1, -0.05) is 43.6 Å². The monoisotopic (exact) mass is 263 g/mol. The standard InChI is InChI=1S/C15H25N3O/c1-3-7-13(2)12-18(11-10-15(16)17-19)14-8-5-4-6-9-14/h4-6,8-9,13,19H,3,7,10-12H2,1-2H3,(H2,16,17). The SMILES string of the molecule is CCCC(C)CN(CCC(N)=NO)c1ccccc1. The molecule has 0 saturated carbocycles. The lowest BCUT2D eigenvalue weighted by Crippen LogP contribution is -2.32. The third kappa shape index (κ3) is 5.64. The van der Waals surface area contributed by atoms with Crippen molar-refractivity contribution in [1.29, 1.82) is 0 Å². The lowest BCUT2D eigenvalue weighted by molar-refractivity contribution is 0.317. The smallest absolute Gasteiger partial charge is 0.140 e. The number of para-hydroxylation sites is 1. The summed E-state index contributed by atoms with van der Waals surface area (Å²) >= 11 is 0. The van der Waals surface area contributed by atoms with E-state index in [9.17, 15) is 0 Å². The van der Waals surface area contributed by atoms with Gasteiger partial charge in [0.25, 0.3) is 0 Å². The van der Waals surface area contributed by atoms with E-state index in [1.807, 2.05) is 18.2 Å². The van der Waals surface area contributed by atoms with Crippen LogP contribution in [0.3, 0.4) is 0 Å². The Balaban J connectivity index is 2.68. The topological polar surface area (TPSA) is 61.8 Å². The molecule has 0 saturated heterocycles.